The zero-order valence-electron chi connectivity index (χ0n) is 15.0. The minimum Gasteiger partial charge on any atom is -0.437 e. The third kappa shape index (κ3) is 3.96. The zero-order chi connectivity index (χ0) is 18.0. The number of aryl methyl sites for hydroxylation is 2. The van der Waals surface area contributed by atoms with Gasteiger partial charge in [0.25, 0.3) is 5.89 Å². The fraction of sp³-hybridized carbons (Fsp3) is 0.529. The Bertz CT molecular complexity index is 753. The number of rotatable bonds is 5. The summed E-state index contributed by atoms with van der Waals surface area (Å²) < 4.78 is 10.7. The van der Waals surface area contributed by atoms with Gasteiger partial charge in [-0.15, -0.1) is 0 Å². The highest BCUT2D eigenvalue weighted by Crippen LogP contribution is 2.23. The molecule has 8 nitrogen and oxygen atoms in total. The van der Waals surface area contributed by atoms with Crippen LogP contribution < -0.4 is 10.2 Å². The van der Waals surface area contributed by atoms with E-state index in [4.69, 9.17) is 9.15 Å². The summed E-state index contributed by atoms with van der Waals surface area (Å²) in [7, 11) is 1.59. The lowest BCUT2D eigenvalue weighted by Crippen LogP contribution is -2.35. The van der Waals surface area contributed by atoms with E-state index in [1.165, 1.54) is 0 Å². The average molecular weight is 345 g/mol. The third-order valence-electron chi connectivity index (χ3n) is 3.97. The maximum Gasteiger partial charge on any atom is 0.307 e. The molecule has 3 rings (SSSR count). The van der Waals surface area contributed by atoms with E-state index in [1.54, 1.807) is 7.11 Å². The van der Waals surface area contributed by atoms with Crippen molar-refractivity contribution in [3.8, 4) is 0 Å². The van der Waals surface area contributed by atoms with Gasteiger partial charge in [0.2, 0.25) is 5.95 Å². The minimum atomic E-state index is -0.326. The largest absolute Gasteiger partial charge is 0.437 e. The topological polar surface area (TPSA) is 93.4 Å². The lowest BCUT2D eigenvalue weighted by molar-refractivity contribution is 0.0869. The fourth-order valence-electron chi connectivity index (χ4n) is 2.89. The van der Waals surface area contributed by atoms with Crippen molar-refractivity contribution in [3.63, 3.8) is 0 Å². The molecule has 1 aliphatic heterocycles. The Balaban J connectivity index is 1.74. The molecule has 1 atom stereocenters. The molecule has 0 saturated heterocycles. The molecule has 134 valence electrons. The van der Waals surface area contributed by atoms with Crippen LogP contribution >= 0.6 is 0 Å². The van der Waals surface area contributed by atoms with Gasteiger partial charge in [-0.05, 0) is 26.8 Å². The first-order valence-electron chi connectivity index (χ1n) is 8.32. The van der Waals surface area contributed by atoms with Gasteiger partial charge in [0.05, 0.1) is 13.2 Å². The van der Waals surface area contributed by atoms with E-state index >= 15 is 0 Å². The quantitative estimate of drug-likeness (QED) is 0.875. The molecule has 0 radical (unpaired) electrons. The van der Waals surface area contributed by atoms with Gasteiger partial charge in [-0.1, -0.05) is 0 Å². The molecule has 3 heterocycles. The van der Waals surface area contributed by atoms with Gasteiger partial charge in [0.1, 0.15) is 11.5 Å². The van der Waals surface area contributed by atoms with Crippen LogP contribution in [0.2, 0.25) is 0 Å². The van der Waals surface area contributed by atoms with E-state index in [-0.39, 0.29) is 17.8 Å². The van der Waals surface area contributed by atoms with E-state index < -0.39 is 0 Å². The molecule has 1 aliphatic rings. The standard InChI is InChI=1S/C17H23N5O3/c1-10-7-11(2)20-17(19-10)22-6-5-14-13(8-22)21-16(25-14)15(23)18-12(3)9-24-4/h7,12H,5-6,8-9H2,1-4H3,(H,18,23)/t12-/m0/s1. The second-order valence-corrected chi connectivity index (χ2v) is 6.34. The third-order valence-corrected chi connectivity index (χ3v) is 3.97. The number of carbonyl (C=O) groups is 1. The fourth-order valence-corrected chi connectivity index (χ4v) is 2.89. The lowest BCUT2D eigenvalue weighted by atomic mass is 10.2. The van der Waals surface area contributed by atoms with Gasteiger partial charge in [0.15, 0.2) is 0 Å². The van der Waals surface area contributed by atoms with E-state index in [1.807, 2.05) is 26.8 Å². The second kappa shape index (κ2) is 7.18. The molecule has 0 aromatic carbocycles. The molecule has 0 aliphatic carbocycles. The molecule has 1 N–H and O–H groups in total. The van der Waals surface area contributed by atoms with Gasteiger partial charge >= 0.3 is 5.91 Å². The Morgan fingerprint density at radius 3 is 2.76 bits per heavy atom. The Morgan fingerprint density at radius 1 is 1.36 bits per heavy atom. The average Bonchev–Trinajstić information content (AvgIpc) is 2.97. The van der Waals surface area contributed by atoms with Crippen LogP contribution in [0.15, 0.2) is 10.5 Å². The van der Waals surface area contributed by atoms with Gasteiger partial charge in [0, 0.05) is 37.5 Å². The maximum absolute atomic E-state index is 12.2. The summed E-state index contributed by atoms with van der Waals surface area (Å²) in [4.78, 5) is 27.6. The number of methoxy groups -OCH3 is 1. The number of hydrogen-bond donors (Lipinski definition) is 1. The van der Waals surface area contributed by atoms with Crippen molar-refractivity contribution < 1.29 is 13.9 Å². The molecule has 0 fully saturated rings. The van der Waals surface area contributed by atoms with Crippen LogP contribution in [0.25, 0.3) is 0 Å². The molecular formula is C17H23N5O3. The Labute approximate surface area is 146 Å². The van der Waals surface area contributed by atoms with Crippen LogP contribution in [0.3, 0.4) is 0 Å². The molecule has 0 saturated carbocycles. The molecular weight excluding hydrogens is 322 g/mol. The Hall–Kier alpha value is -2.48. The lowest BCUT2D eigenvalue weighted by Gasteiger charge is -2.25. The number of fused-ring (bicyclic) bond motifs is 1. The summed E-state index contributed by atoms with van der Waals surface area (Å²) in [5, 5.41) is 2.81. The first-order valence-corrected chi connectivity index (χ1v) is 8.32. The first-order chi connectivity index (χ1) is 12.0. The maximum atomic E-state index is 12.2. The molecule has 2 aromatic rings. The van der Waals surface area contributed by atoms with E-state index in [2.05, 4.69) is 25.2 Å². The SMILES string of the molecule is COC[C@H](C)NC(=O)c1nc2c(o1)CCN(c1nc(C)cc(C)n1)C2. The smallest absolute Gasteiger partial charge is 0.307 e. The van der Waals surface area contributed by atoms with Gasteiger partial charge in [-0.3, -0.25) is 4.79 Å². The van der Waals surface area contributed by atoms with Crippen molar-refractivity contribution in [2.45, 2.75) is 39.8 Å². The predicted molar refractivity (Wildman–Crippen MR) is 91.6 cm³/mol. The summed E-state index contributed by atoms with van der Waals surface area (Å²) in [5.41, 5.74) is 2.62. The zero-order valence-corrected chi connectivity index (χ0v) is 15.0. The summed E-state index contributed by atoms with van der Waals surface area (Å²) in [6.45, 7) is 7.46. The normalized spacial score (nSPS) is 15.0. The highest BCUT2D eigenvalue weighted by atomic mass is 16.5. The molecule has 1 amide bonds. The summed E-state index contributed by atoms with van der Waals surface area (Å²) in [6, 6.07) is 1.83. The van der Waals surface area contributed by atoms with Crippen LogP contribution in [0.4, 0.5) is 5.95 Å². The summed E-state index contributed by atoms with van der Waals surface area (Å²) in [5.74, 6) is 1.21. The van der Waals surface area contributed by atoms with Crippen molar-refractivity contribution >= 4 is 11.9 Å². The van der Waals surface area contributed by atoms with Crippen LogP contribution in [-0.2, 0) is 17.7 Å². The van der Waals surface area contributed by atoms with Gasteiger partial charge in [-0.25, -0.2) is 15.0 Å². The van der Waals surface area contributed by atoms with Crippen LogP contribution in [0, 0.1) is 13.8 Å². The number of hydrogen-bond acceptors (Lipinski definition) is 7. The van der Waals surface area contributed by atoms with Crippen LogP contribution in [-0.4, -0.2) is 47.2 Å². The number of anilines is 1. The number of carbonyl (C=O) groups excluding carboxylic acids is 1. The van der Waals surface area contributed by atoms with E-state index in [0.29, 0.717) is 25.5 Å². The number of aromatic nitrogens is 3. The summed E-state index contributed by atoms with van der Waals surface area (Å²) >= 11 is 0. The molecule has 0 spiro atoms. The van der Waals surface area contributed by atoms with Crippen molar-refractivity contribution in [3.05, 3.63) is 34.8 Å². The number of ether oxygens (including phenoxy) is 1. The Kier molecular flexibility index (Phi) is 4.98. The van der Waals surface area contributed by atoms with E-state index in [9.17, 15) is 4.79 Å². The monoisotopic (exact) mass is 345 g/mol. The Morgan fingerprint density at radius 2 is 2.08 bits per heavy atom. The van der Waals surface area contributed by atoms with Crippen LogP contribution in [0.1, 0.15) is 40.5 Å². The first kappa shape index (κ1) is 17.3. The van der Waals surface area contributed by atoms with Gasteiger partial charge in [-0.2, -0.15) is 0 Å². The number of amides is 1. The predicted octanol–water partition coefficient (Wildman–Crippen LogP) is 1.41. The van der Waals surface area contributed by atoms with Crippen molar-refractivity contribution in [2.75, 3.05) is 25.2 Å². The van der Waals surface area contributed by atoms with Crippen LogP contribution in [0.5, 0.6) is 0 Å². The number of nitrogens with one attached hydrogen (secondary N) is 1. The van der Waals surface area contributed by atoms with Crippen molar-refractivity contribution in [1.82, 2.24) is 20.3 Å². The van der Waals surface area contributed by atoms with E-state index in [0.717, 1.165) is 29.4 Å². The molecule has 0 unspecified atom stereocenters. The van der Waals surface area contributed by atoms with Crippen molar-refractivity contribution in [1.29, 1.82) is 0 Å². The molecule has 0 bridgehead atoms. The van der Waals surface area contributed by atoms with Gasteiger partial charge < -0.3 is 19.4 Å². The second-order valence-electron chi connectivity index (χ2n) is 6.34. The molecule has 2 aromatic heterocycles. The number of nitrogens with zero attached hydrogens (tertiary/aromatic N) is 4. The minimum absolute atomic E-state index is 0.0937. The highest BCUT2D eigenvalue weighted by molar-refractivity contribution is 5.89. The number of oxazole rings is 1. The molecule has 25 heavy (non-hydrogen) atoms. The van der Waals surface area contributed by atoms with Crippen molar-refractivity contribution in [2.24, 2.45) is 0 Å². The highest BCUT2D eigenvalue weighted by Gasteiger charge is 2.26. The molecule has 8 heteroatoms. The summed E-state index contributed by atoms with van der Waals surface area (Å²) in [6.07, 6.45) is 0.666.